The fourth-order valence-corrected chi connectivity index (χ4v) is 2.28. The molecule has 0 aliphatic carbocycles. The Bertz CT molecular complexity index is 788. The molecule has 3 rings (SSSR count). The lowest BCUT2D eigenvalue weighted by atomic mass is 10.0. The molecule has 3 aromatic rings. The molecule has 21 heavy (non-hydrogen) atoms. The van der Waals surface area contributed by atoms with E-state index in [4.69, 9.17) is 0 Å². The molecule has 0 aliphatic rings. The van der Waals surface area contributed by atoms with E-state index < -0.39 is 17.2 Å². The SMILES string of the molecule is FOc1ccc(-c2cccc3cc[nH]c23)c(OF)c1OF. The molecule has 2 aromatic carbocycles. The summed E-state index contributed by atoms with van der Waals surface area (Å²) < 4.78 is 37.7. The van der Waals surface area contributed by atoms with Gasteiger partial charge in [-0.15, -0.1) is 0 Å². The van der Waals surface area contributed by atoms with E-state index in [1.807, 2.05) is 12.1 Å². The Hall–Kier alpha value is -2.83. The number of hydrogen-bond acceptors (Lipinski definition) is 3. The smallest absolute Gasteiger partial charge is 0.265 e. The Kier molecular flexibility index (Phi) is 3.31. The van der Waals surface area contributed by atoms with Crippen molar-refractivity contribution in [3.05, 3.63) is 42.6 Å². The largest absolute Gasteiger partial charge is 0.361 e. The molecule has 0 unspecified atom stereocenters. The first-order valence-corrected chi connectivity index (χ1v) is 5.89. The van der Waals surface area contributed by atoms with Crippen LogP contribution in [0, 0.1) is 0 Å². The monoisotopic (exact) mass is 295 g/mol. The van der Waals surface area contributed by atoms with Gasteiger partial charge in [0, 0.05) is 30.9 Å². The average Bonchev–Trinajstić information content (AvgIpc) is 3.01. The van der Waals surface area contributed by atoms with E-state index in [1.165, 1.54) is 6.07 Å². The number of fused-ring (bicyclic) bond motifs is 1. The van der Waals surface area contributed by atoms with Crippen molar-refractivity contribution in [1.82, 2.24) is 4.98 Å². The predicted octanol–water partition coefficient (Wildman–Crippen LogP) is 4.62. The summed E-state index contributed by atoms with van der Waals surface area (Å²) in [6.45, 7) is 0. The highest BCUT2D eigenvalue weighted by Gasteiger charge is 2.23. The van der Waals surface area contributed by atoms with Gasteiger partial charge in [-0.2, -0.15) is 0 Å². The van der Waals surface area contributed by atoms with Gasteiger partial charge >= 0.3 is 0 Å². The number of H-pyrrole nitrogens is 1. The molecule has 7 heteroatoms. The highest BCUT2D eigenvalue weighted by atomic mass is 19.3. The molecule has 0 saturated carbocycles. The van der Waals surface area contributed by atoms with Gasteiger partial charge in [0.1, 0.15) is 0 Å². The molecule has 0 fully saturated rings. The maximum atomic E-state index is 12.8. The second-order valence-corrected chi connectivity index (χ2v) is 4.25. The second kappa shape index (κ2) is 5.28. The summed E-state index contributed by atoms with van der Waals surface area (Å²) in [6.07, 6.45) is 1.70. The molecule has 1 aromatic heterocycles. The van der Waals surface area contributed by atoms with Crippen LogP contribution >= 0.6 is 0 Å². The summed E-state index contributed by atoms with van der Waals surface area (Å²) >= 11 is 0. The maximum absolute atomic E-state index is 12.8. The summed E-state index contributed by atoms with van der Waals surface area (Å²) in [6, 6.07) is 9.52. The highest BCUT2D eigenvalue weighted by Crippen LogP contribution is 2.46. The topological polar surface area (TPSA) is 43.5 Å². The summed E-state index contributed by atoms with van der Waals surface area (Å²) in [5.41, 5.74) is 1.40. The normalized spacial score (nSPS) is 10.6. The summed E-state index contributed by atoms with van der Waals surface area (Å²) in [5, 5.41) is 0.867. The molecule has 0 radical (unpaired) electrons. The minimum atomic E-state index is -0.818. The Morgan fingerprint density at radius 1 is 0.762 bits per heavy atom. The molecular weight excluding hydrogens is 287 g/mol. The van der Waals surface area contributed by atoms with Gasteiger partial charge in [-0.05, 0) is 23.6 Å². The fourth-order valence-electron chi connectivity index (χ4n) is 2.28. The van der Waals surface area contributed by atoms with E-state index in [0.717, 1.165) is 11.5 Å². The van der Waals surface area contributed by atoms with Crippen LogP contribution in [0.2, 0.25) is 0 Å². The van der Waals surface area contributed by atoms with E-state index in [9.17, 15) is 13.6 Å². The lowest BCUT2D eigenvalue weighted by Crippen LogP contribution is -1.92. The van der Waals surface area contributed by atoms with Crippen LogP contribution < -0.4 is 14.8 Å². The number of hydrogen-bond donors (Lipinski definition) is 1. The number of aromatic amines is 1. The lowest BCUT2D eigenvalue weighted by molar-refractivity contribution is -0.0552. The molecule has 0 bridgehead atoms. The van der Waals surface area contributed by atoms with E-state index >= 15 is 0 Å². The van der Waals surface area contributed by atoms with Crippen LogP contribution in [0.15, 0.2) is 42.6 Å². The van der Waals surface area contributed by atoms with Crippen LogP contribution in [0.4, 0.5) is 13.6 Å². The van der Waals surface area contributed by atoms with Gasteiger partial charge in [-0.1, -0.05) is 18.2 Å². The van der Waals surface area contributed by atoms with Crippen LogP contribution in [0.1, 0.15) is 0 Å². The minimum absolute atomic E-state index is 0.180. The van der Waals surface area contributed by atoms with Gasteiger partial charge in [0.15, 0.2) is 0 Å². The van der Waals surface area contributed by atoms with Crippen LogP contribution in [-0.4, -0.2) is 4.98 Å². The molecule has 0 saturated heterocycles. The van der Waals surface area contributed by atoms with Gasteiger partial charge < -0.3 is 4.98 Å². The zero-order chi connectivity index (χ0) is 14.8. The molecule has 1 N–H and O–H groups in total. The van der Waals surface area contributed by atoms with Gasteiger partial charge in [0.25, 0.3) is 5.75 Å². The standard InChI is InChI=1S/C14H8F3NO3/c15-19-11-5-4-10(13(20-16)14(11)21-17)9-3-1-2-8-6-7-18-12(8)9/h1-7,18H. The van der Waals surface area contributed by atoms with Crippen molar-refractivity contribution in [3.8, 4) is 28.4 Å². The Balaban J connectivity index is 2.30. The zero-order valence-corrected chi connectivity index (χ0v) is 10.4. The van der Waals surface area contributed by atoms with Crippen LogP contribution in [0.25, 0.3) is 22.0 Å². The Labute approximate surface area is 116 Å². The summed E-state index contributed by atoms with van der Waals surface area (Å²) in [4.78, 5) is 13.5. The first-order chi connectivity index (χ1) is 10.3. The van der Waals surface area contributed by atoms with E-state index in [1.54, 1.807) is 18.3 Å². The second-order valence-electron chi connectivity index (χ2n) is 4.25. The number of rotatable bonds is 4. The molecule has 0 amide bonds. The first-order valence-electron chi connectivity index (χ1n) is 5.89. The van der Waals surface area contributed by atoms with Crippen molar-refractivity contribution in [2.75, 3.05) is 0 Å². The molecule has 108 valence electrons. The van der Waals surface area contributed by atoms with Gasteiger partial charge in [-0.25, -0.2) is 0 Å². The fraction of sp³-hybridized carbons (Fsp3) is 0. The molecular formula is C14H8F3NO3. The van der Waals surface area contributed by atoms with E-state index in [0.29, 0.717) is 11.1 Å². The number of para-hydroxylation sites is 1. The first kappa shape index (κ1) is 13.2. The predicted molar refractivity (Wildman–Crippen MR) is 68.9 cm³/mol. The van der Waals surface area contributed by atoms with Gasteiger partial charge in [0.2, 0.25) is 11.5 Å². The lowest BCUT2D eigenvalue weighted by Gasteiger charge is -2.10. The van der Waals surface area contributed by atoms with Crippen molar-refractivity contribution >= 4 is 10.9 Å². The van der Waals surface area contributed by atoms with Crippen molar-refractivity contribution in [3.63, 3.8) is 0 Å². The van der Waals surface area contributed by atoms with Crippen LogP contribution in [0.3, 0.4) is 0 Å². The molecule has 0 atom stereocenters. The number of nitrogens with one attached hydrogen (secondary N) is 1. The van der Waals surface area contributed by atoms with Crippen molar-refractivity contribution in [1.29, 1.82) is 0 Å². The third kappa shape index (κ3) is 2.03. The molecule has 0 spiro atoms. The van der Waals surface area contributed by atoms with E-state index in [-0.39, 0.29) is 5.56 Å². The molecule has 4 nitrogen and oxygen atoms in total. The van der Waals surface area contributed by atoms with Crippen molar-refractivity contribution in [2.24, 2.45) is 0 Å². The van der Waals surface area contributed by atoms with Crippen LogP contribution in [0.5, 0.6) is 17.2 Å². The number of benzene rings is 2. The molecule has 0 aliphatic heterocycles. The zero-order valence-electron chi connectivity index (χ0n) is 10.4. The highest BCUT2D eigenvalue weighted by molar-refractivity contribution is 5.96. The van der Waals surface area contributed by atoms with Gasteiger partial charge in [-0.3, -0.25) is 14.8 Å². The van der Waals surface area contributed by atoms with Crippen molar-refractivity contribution < 1.29 is 28.4 Å². The molecule has 1 heterocycles. The van der Waals surface area contributed by atoms with Crippen LogP contribution in [-0.2, 0) is 0 Å². The van der Waals surface area contributed by atoms with Gasteiger partial charge in [0.05, 0.1) is 5.52 Å². The van der Waals surface area contributed by atoms with E-state index in [2.05, 4.69) is 19.8 Å². The third-order valence-electron chi connectivity index (χ3n) is 3.19. The number of halogens is 3. The Morgan fingerprint density at radius 3 is 2.29 bits per heavy atom. The third-order valence-corrected chi connectivity index (χ3v) is 3.19. The summed E-state index contributed by atoms with van der Waals surface area (Å²) in [7, 11) is 0. The number of aromatic nitrogens is 1. The van der Waals surface area contributed by atoms with Crippen molar-refractivity contribution in [2.45, 2.75) is 0 Å². The minimum Gasteiger partial charge on any atom is -0.361 e. The summed E-state index contributed by atoms with van der Waals surface area (Å²) in [5.74, 6) is -2.07. The quantitative estimate of drug-likeness (QED) is 0.763. The Morgan fingerprint density at radius 2 is 1.57 bits per heavy atom. The average molecular weight is 295 g/mol. The maximum Gasteiger partial charge on any atom is 0.265 e.